The minimum atomic E-state index is -0.801. The van der Waals surface area contributed by atoms with E-state index in [0.29, 0.717) is 52.7 Å². The number of fused-ring (bicyclic) bond motifs is 1. The number of hydrogen-bond acceptors (Lipinski definition) is 8. The van der Waals surface area contributed by atoms with Gasteiger partial charge in [0.25, 0.3) is 5.56 Å². The summed E-state index contributed by atoms with van der Waals surface area (Å²) in [5.74, 6) is 1.00. The predicted molar refractivity (Wildman–Crippen MR) is 151 cm³/mol. The van der Waals surface area contributed by atoms with Crippen molar-refractivity contribution in [2.75, 3.05) is 20.3 Å². The van der Waals surface area contributed by atoms with Crippen LogP contribution in [0, 0.1) is 3.77 Å². The summed E-state index contributed by atoms with van der Waals surface area (Å²) in [6.07, 6.45) is 1.67. The standard InChI is InChI=1S/C24H21Br2IN2O6S/c1-5-33-17-10-14(25)13(9-16(17)32-4)20-19(23(31)34-6-2)11(3)28-24-29(20)22(30)18(36-24)8-12-7-15(26)21(27)35-12/h7-10,20H,5-6H2,1-4H3/b18-8+/t20-/m0/s1. The summed E-state index contributed by atoms with van der Waals surface area (Å²) in [5, 5.41) is 0. The van der Waals surface area contributed by atoms with Crippen LogP contribution in [0.1, 0.15) is 38.1 Å². The number of halogens is 3. The minimum Gasteiger partial charge on any atom is -0.493 e. The molecule has 0 spiro atoms. The zero-order chi connectivity index (χ0) is 26.1. The van der Waals surface area contributed by atoms with E-state index < -0.39 is 12.0 Å². The van der Waals surface area contributed by atoms with Gasteiger partial charge in [-0.25, -0.2) is 9.79 Å². The van der Waals surface area contributed by atoms with Crippen LogP contribution in [0.15, 0.2) is 52.6 Å². The molecule has 36 heavy (non-hydrogen) atoms. The molecule has 1 atom stereocenters. The second-order valence-electron chi connectivity index (χ2n) is 7.53. The van der Waals surface area contributed by atoms with Crippen LogP contribution in [0.25, 0.3) is 6.08 Å². The second kappa shape index (κ2) is 11.2. The lowest BCUT2D eigenvalue weighted by molar-refractivity contribution is -0.139. The summed E-state index contributed by atoms with van der Waals surface area (Å²) >= 11 is 10.3. The Morgan fingerprint density at radius 1 is 1.22 bits per heavy atom. The van der Waals surface area contributed by atoms with Gasteiger partial charge in [0.05, 0.1) is 46.6 Å². The third-order valence-electron chi connectivity index (χ3n) is 5.33. The van der Waals surface area contributed by atoms with Crippen molar-refractivity contribution in [3.05, 3.63) is 73.2 Å². The summed E-state index contributed by atoms with van der Waals surface area (Å²) in [4.78, 5) is 31.9. The van der Waals surface area contributed by atoms with E-state index in [4.69, 9.17) is 18.6 Å². The number of benzene rings is 1. The van der Waals surface area contributed by atoms with Crippen LogP contribution in [0.4, 0.5) is 0 Å². The quantitative estimate of drug-likeness (QED) is 0.252. The number of furan rings is 1. The van der Waals surface area contributed by atoms with Crippen molar-refractivity contribution in [3.63, 3.8) is 0 Å². The largest absolute Gasteiger partial charge is 0.493 e. The molecule has 0 radical (unpaired) electrons. The molecule has 0 unspecified atom stereocenters. The van der Waals surface area contributed by atoms with Crippen LogP contribution in [0.3, 0.4) is 0 Å². The number of hydrogen-bond donors (Lipinski definition) is 0. The van der Waals surface area contributed by atoms with E-state index in [9.17, 15) is 9.59 Å². The van der Waals surface area contributed by atoms with Gasteiger partial charge in [-0.2, -0.15) is 0 Å². The van der Waals surface area contributed by atoms with Gasteiger partial charge in [-0.05, 0) is 60.5 Å². The first-order valence-electron chi connectivity index (χ1n) is 10.8. The van der Waals surface area contributed by atoms with Gasteiger partial charge in [-0.1, -0.05) is 27.3 Å². The highest BCUT2D eigenvalue weighted by Gasteiger charge is 2.35. The maximum atomic E-state index is 13.7. The first kappa shape index (κ1) is 27.1. The maximum absolute atomic E-state index is 13.7. The van der Waals surface area contributed by atoms with Gasteiger partial charge in [0.2, 0.25) is 0 Å². The Hall–Kier alpha value is -1.90. The normalized spacial score (nSPS) is 15.5. The van der Waals surface area contributed by atoms with Gasteiger partial charge in [0, 0.05) is 33.1 Å². The van der Waals surface area contributed by atoms with Gasteiger partial charge in [-0.3, -0.25) is 9.36 Å². The molecule has 12 heteroatoms. The van der Waals surface area contributed by atoms with Gasteiger partial charge >= 0.3 is 5.97 Å². The molecule has 3 aromatic rings. The van der Waals surface area contributed by atoms with Crippen LogP contribution in [-0.2, 0) is 9.53 Å². The molecular formula is C24H21Br2IN2O6S. The molecule has 0 aliphatic carbocycles. The first-order valence-corrected chi connectivity index (χ1v) is 14.3. The van der Waals surface area contributed by atoms with Crippen LogP contribution in [-0.4, -0.2) is 30.9 Å². The molecule has 4 rings (SSSR count). The molecule has 8 nitrogen and oxygen atoms in total. The number of allylic oxidation sites excluding steroid dienone is 1. The van der Waals surface area contributed by atoms with Gasteiger partial charge in [0.1, 0.15) is 5.76 Å². The number of ether oxygens (including phenoxy) is 3. The first-order chi connectivity index (χ1) is 17.2. The topological polar surface area (TPSA) is 92.3 Å². The maximum Gasteiger partial charge on any atom is 0.338 e. The van der Waals surface area contributed by atoms with Gasteiger partial charge in [0.15, 0.2) is 20.1 Å². The van der Waals surface area contributed by atoms with Gasteiger partial charge in [-0.15, -0.1) is 0 Å². The predicted octanol–water partition coefficient (Wildman–Crippen LogP) is 4.93. The molecule has 0 saturated carbocycles. The lowest BCUT2D eigenvalue weighted by atomic mass is 9.95. The summed E-state index contributed by atoms with van der Waals surface area (Å²) in [6, 6.07) is 4.53. The summed E-state index contributed by atoms with van der Waals surface area (Å²) in [7, 11) is 1.54. The molecular weight excluding hydrogens is 731 g/mol. The zero-order valence-electron chi connectivity index (χ0n) is 19.7. The monoisotopic (exact) mass is 750 g/mol. The minimum absolute atomic E-state index is 0.187. The molecule has 1 aliphatic rings. The Balaban J connectivity index is 2.00. The number of nitrogens with zero attached hydrogens (tertiary/aromatic N) is 2. The number of esters is 1. The highest BCUT2D eigenvalue weighted by Crippen LogP contribution is 2.41. The van der Waals surface area contributed by atoms with E-state index in [1.165, 1.54) is 23.0 Å². The average Bonchev–Trinajstić information content (AvgIpc) is 3.30. The zero-order valence-corrected chi connectivity index (χ0v) is 25.8. The number of carbonyl (C=O) groups excluding carboxylic acids is 1. The summed E-state index contributed by atoms with van der Waals surface area (Å²) in [6.45, 7) is 5.99. The lowest BCUT2D eigenvalue weighted by Crippen LogP contribution is -2.40. The fourth-order valence-corrected chi connectivity index (χ4v) is 6.12. The molecule has 0 amide bonds. The van der Waals surface area contributed by atoms with Crippen molar-refractivity contribution in [2.45, 2.75) is 26.8 Å². The lowest BCUT2D eigenvalue weighted by Gasteiger charge is -2.26. The second-order valence-corrected chi connectivity index (χ2v) is 11.2. The van der Waals surface area contributed by atoms with Crippen molar-refractivity contribution < 1.29 is 23.4 Å². The fourth-order valence-electron chi connectivity index (χ4n) is 3.84. The Kier molecular flexibility index (Phi) is 8.47. The Bertz CT molecular complexity index is 1540. The third-order valence-corrected chi connectivity index (χ3v) is 9.13. The molecule has 190 valence electrons. The van der Waals surface area contributed by atoms with Crippen molar-refractivity contribution in [3.8, 4) is 11.5 Å². The number of thiazole rings is 1. The fraction of sp³-hybridized carbons (Fsp3) is 0.292. The molecule has 3 heterocycles. The summed E-state index contributed by atoms with van der Waals surface area (Å²) in [5.41, 5.74) is 1.08. The van der Waals surface area contributed by atoms with E-state index in [2.05, 4.69) is 59.4 Å². The van der Waals surface area contributed by atoms with E-state index in [1.807, 2.05) is 6.92 Å². The third kappa shape index (κ3) is 5.09. The number of rotatable bonds is 7. The highest BCUT2D eigenvalue weighted by molar-refractivity contribution is 14.1. The number of carbonyl (C=O) groups is 1. The van der Waals surface area contributed by atoms with Gasteiger partial charge < -0.3 is 18.6 Å². The molecule has 0 saturated heterocycles. The molecule has 0 bridgehead atoms. The number of methoxy groups -OCH3 is 1. The molecule has 0 N–H and O–H groups in total. The Morgan fingerprint density at radius 3 is 2.58 bits per heavy atom. The van der Waals surface area contributed by atoms with Crippen LogP contribution in [0.2, 0.25) is 0 Å². The molecule has 0 fully saturated rings. The molecule has 1 aromatic carbocycles. The van der Waals surface area contributed by atoms with Crippen LogP contribution < -0.4 is 24.4 Å². The Morgan fingerprint density at radius 2 is 1.97 bits per heavy atom. The van der Waals surface area contributed by atoms with E-state index in [1.54, 1.807) is 38.1 Å². The SMILES string of the molecule is CCOC(=O)C1=C(C)N=c2s/c(=C/c3cc(Br)c(I)o3)c(=O)n2[C@H]1c1cc(OC)c(OCC)cc1Br. The van der Waals surface area contributed by atoms with Crippen molar-refractivity contribution in [1.82, 2.24) is 4.57 Å². The van der Waals surface area contributed by atoms with Crippen molar-refractivity contribution in [1.29, 1.82) is 0 Å². The highest BCUT2D eigenvalue weighted by atomic mass is 127. The van der Waals surface area contributed by atoms with Crippen LogP contribution in [0.5, 0.6) is 11.5 Å². The molecule has 2 aromatic heterocycles. The van der Waals surface area contributed by atoms with Crippen molar-refractivity contribution >= 4 is 77.8 Å². The summed E-state index contributed by atoms with van der Waals surface area (Å²) < 4.78 is 26.4. The van der Waals surface area contributed by atoms with E-state index in [-0.39, 0.29) is 17.7 Å². The van der Waals surface area contributed by atoms with Crippen molar-refractivity contribution in [2.24, 2.45) is 4.99 Å². The van der Waals surface area contributed by atoms with E-state index in [0.717, 1.165) is 4.47 Å². The van der Waals surface area contributed by atoms with Crippen LogP contribution >= 0.6 is 65.8 Å². The smallest absolute Gasteiger partial charge is 0.338 e. The average molecular weight is 752 g/mol. The molecule has 1 aliphatic heterocycles. The van der Waals surface area contributed by atoms with E-state index >= 15 is 0 Å². The Labute approximate surface area is 241 Å². The number of aromatic nitrogens is 1.